The largest absolute Gasteiger partial charge is 0.481 e. The van der Waals surface area contributed by atoms with E-state index in [1.54, 1.807) is 6.92 Å². The zero-order chi connectivity index (χ0) is 10.1. The third-order valence-corrected chi connectivity index (χ3v) is 3.77. The SMILES string of the molecule is C[C@](N)(CC(=O)O)c1sccc1Br. The third kappa shape index (κ3) is 2.52. The van der Waals surface area contributed by atoms with Crippen molar-refractivity contribution in [2.24, 2.45) is 5.73 Å². The molecular weight excluding hydrogens is 254 g/mol. The minimum absolute atomic E-state index is 0.0634. The van der Waals surface area contributed by atoms with Crippen molar-refractivity contribution in [3.8, 4) is 0 Å². The first-order valence-corrected chi connectivity index (χ1v) is 5.35. The van der Waals surface area contributed by atoms with Crippen LogP contribution in [0.1, 0.15) is 18.2 Å². The van der Waals surface area contributed by atoms with Crippen molar-refractivity contribution in [3.05, 3.63) is 20.8 Å². The Morgan fingerprint density at radius 1 is 1.85 bits per heavy atom. The summed E-state index contributed by atoms with van der Waals surface area (Å²) in [6.45, 7) is 1.72. The maximum Gasteiger partial charge on any atom is 0.305 e. The molecule has 5 heteroatoms. The highest BCUT2D eigenvalue weighted by Gasteiger charge is 2.27. The van der Waals surface area contributed by atoms with Gasteiger partial charge in [-0.1, -0.05) is 0 Å². The number of aliphatic carboxylic acids is 1. The molecule has 0 unspecified atom stereocenters. The van der Waals surface area contributed by atoms with E-state index < -0.39 is 11.5 Å². The van der Waals surface area contributed by atoms with Crippen LogP contribution in [-0.2, 0) is 10.3 Å². The van der Waals surface area contributed by atoms with Crippen LogP contribution in [0.2, 0.25) is 0 Å². The molecule has 0 spiro atoms. The molecule has 1 aromatic rings. The fourth-order valence-corrected chi connectivity index (χ4v) is 3.00. The normalized spacial score (nSPS) is 15.3. The first kappa shape index (κ1) is 10.7. The molecule has 0 aromatic carbocycles. The molecule has 0 saturated carbocycles. The summed E-state index contributed by atoms with van der Waals surface area (Å²) in [6, 6.07) is 1.87. The minimum atomic E-state index is -0.884. The molecule has 72 valence electrons. The molecule has 1 heterocycles. The van der Waals surface area contributed by atoms with Gasteiger partial charge in [-0.2, -0.15) is 0 Å². The fraction of sp³-hybridized carbons (Fsp3) is 0.375. The second kappa shape index (κ2) is 3.77. The number of nitrogens with two attached hydrogens (primary N) is 1. The molecule has 0 aliphatic rings. The van der Waals surface area contributed by atoms with E-state index >= 15 is 0 Å². The van der Waals surface area contributed by atoms with Gasteiger partial charge in [0, 0.05) is 9.35 Å². The van der Waals surface area contributed by atoms with Gasteiger partial charge in [-0.25, -0.2) is 0 Å². The maximum atomic E-state index is 10.5. The topological polar surface area (TPSA) is 63.3 Å². The van der Waals surface area contributed by atoms with Gasteiger partial charge < -0.3 is 10.8 Å². The van der Waals surface area contributed by atoms with Gasteiger partial charge in [-0.05, 0) is 34.3 Å². The molecule has 0 saturated heterocycles. The van der Waals surface area contributed by atoms with Crippen LogP contribution in [0.5, 0.6) is 0 Å². The van der Waals surface area contributed by atoms with Crippen LogP contribution in [-0.4, -0.2) is 11.1 Å². The van der Waals surface area contributed by atoms with Crippen molar-refractivity contribution < 1.29 is 9.90 Å². The van der Waals surface area contributed by atoms with E-state index in [4.69, 9.17) is 10.8 Å². The quantitative estimate of drug-likeness (QED) is 0.879. The van der Waals surface area contributed by atoms with Gasteiger partial charge in [-0.15, -0.1) is 11.3 Å². The molecule has 0 aliphatic heterocycles. The summed E-state index contributed by atoms with van der Waals surface area (Å²) in [7, 11) is 0. The van der Waals surface area contributed by atoms with Crippen LogP contribution in [0.4, 0.5) is 0 Å². The highest BCUT2D eigenvalue weighted by molar-refractivity contribution is 9.10. The van der Waals surface area contributed by atoms with E-state index in [2.05, 4.69) is 15.9 Å². The Morgan fingerprint density at radius 2 is 2.46 bits per heavy atom. The number of carbonyl (C=O) groups is 1. The van der Waals surface area contributed by atoms with Crippen LogP contribution >= 0.6 is 27.3 Å². The molecule has 0 aliphatic carbocycles. The van der Waals surface area contributed by atoms with Gasteiger partial charge in [-0.3, -0.25) is 4.79 Å². The van der Waals surface area contributed by atoms with Crippen molar-refractivity contribution in [1.82, 2.24) is 0 Å². The van der Waals surface area contributed by atoms with Crippen molar-refractivity contribution in [1.29, 1.82) is 0 Å². The zero-order valence-corrected chi connectivity index (χ0v) is 9.48. The lowest BCUT2D eigenvalue weighted by Gasteiger charge is -2.21. The van der Waals surface area contributed by atoms with Crippen LogP contribution in [0.15, 0.2) is 15.9 Å². The van der Waals surface area contributed by atoms with E-state index in [0.717, 1.165) is 9.35 Å². The lowest BCUT2D eigenvalue weighted by Crippen LogP contribution is -2.34. The van der Waals surface area contributed by atoms with Crippen LogP contribution in [0, 0.1) is 0 Å². The molecule has 0 radical (unpaired) electrons. The Morgan fingerprint density at radius 3 is 2.85 bits per heavy atom. The Hall–Kier alpha value is -0.390. The Kier molecular flexibility index (Phi) is 3.10. The van der Waals surface area contributed by atoms with E-state index in [1.807, 2.05) is 11.4 Å². The third-order valence-electron chi connectivity index (χ3n) is 1.65. The van der Waals surface area contributed by atoms with Crippen molar-refractivity contribution >= 4 is 33.2 Å². The zero-order valence-electron chi connectivity index (χ0n) is 7.08. The highest BCUT2D eigenvalue weighted by Crippen LogP contribution is 2.33. The molecule has 1 atom stereocenters. The number of hydrogen-bond donors (Lipinski definition) is 2. The molecule has 0 bridgehead atoms. The monoisotopic (exact) mass is 263 g/mol. The average Bonchev–Trinajstić information content (AvgIpc) is 2.32. The maximum absolute atomic E-state index is 10.5. The van der Waals surface area contributed by atoms with Gasteiger partial charge >= 0.3 is 5.97 Å². The number of hydrogen-bond acceptors (Lipinski definition) is 3. The molecule has 13 heavy (non-hydrogen) atoms. The van der Waals surface area contributed by atoms with Gasteiger partial charge in [0.1, 0.15) is 0 Å². The summed E-state index contributed by atoms with van der Waals surface area (Å²) in [5.74, 6) is -0.884. The standard InChI is InChI=1S/C8H10BrNO2S/c1-8(10,4-6(11)12)7-5(9)2-3-13-7/h2-3H,4,10H2,1H3,(H,11,12)/t8-/m0/s1. The summed E-state index contributed by atoms with van der Waals surface area (Å²) >= 11 is 4.79. The number of carboxylic acids is 1. The molecule has 3 N–H and O–H groups in total. The van der Waals surface area contributed by atoms with Gasteiger partial charge in [0.25, 0.3) is 0 Å². The molecule has 3 nitrogen and oxygen atoms in total. The van der Waals surface area contributed by atoms with Crippen molar-refractivity contribution in [2.45, 2.75) is 18.9 Å². The first-order valence-electron chi connectivity index (χ1n) is 3.67. The smallest absolute Gasteiger partial charge is 0.305 e. The van der Waals surface area contributed by atoms with E-state index in [1.165, 1.54) is 11.3 Å². The summed E-state index contributed by atoms with van der Waals surface area (Å²) in [5.41, 5.74) is 5.09. The molecule has 1 rings (SSSR count). The van der Waals surface area contributed by atoms with E-state index in [9.17, 15) is 4.79 Å². The van der Waals surface area contributed by atoms with E-state index in [-0.39, 0.29) is 6.42 Å². The van der Waals surface area contributed by atoms with Crippen LogP contribution < -0.4 is 5.73 Å². The second-order valence-corrected chi connectivity index (χ2v) is 4.86. The Labute approximate surface area is 88.7 Å². The van der Waals surface area contributed by atoms with Crippen molar-refractivity contribution in [2.75, 3.05) is 0 Å². The van der Waals surface area contributed by atoms with Gasteiger partial charge in [0.05, 0.1) is 12.0 Å². The lowest BCUT2D eigenvalue weighted by molar-refractivity contribution is -0.138. The predicted octanol–water partition coefficient (Wildman–Crippen LogP) is 2.16. The number of thiophene rings is 1. The first-order chi connectivity index (χ1) is 5.93. The lowest BCUT2D eigenvalue weighted by atomic mass is 9.97. The summed E-state index contributed by atoms with van der Waals surface area (Å²) in [6.07, 6.45) is -0.0634. The Balaban J connectivity index is 2.93. The van der Waals surface area contributed by atoms with Gasteiger partial charge in [0.2, 0.25) is 0 Å². The minimum Gasteiger partial charge on any atom is -0.481 e. The molecule has 0 amide bonds. The number of halogens is 1. The fourth-order valence-electron chi connectivity index (χ4n) is 1.10. The molecular formula is C8H10BrNO2S. The Bertz CT molecular complexity index is 322. The van der Waals surface area contributed by atoms with Crippen LogP contribution in [0.3, 0.4) is 0 Å². The summed E-state index contributed by atoms with van der Waals surface area (Å²) in [4.78, 5) is 11.4. The van der Waals surface area contributed by atoms with Gasteiger partial charge in [0.15, 0.2) is 0 Å². The van der Waals surface area contributed by atoms with Crippen molar-refractivity contribution in [3.63, 3.8) is 0 Å². The highest BCUT2D eigenvalue weighted by atomic mass is 79.9. The summed E-state index contributed by atoms with van der Waals surface area (Å²) in [5, 5.41) is 10.5. The number of rotatable bonds is 3. The second-order valence-electron chi connectivity index (χ2n) is 3.09. The summed E-state index contributed by atoms with van der Waals surface area (Å²) < 4.78 is 0.878. The van der Waals surface area contributed by atoms with E-state index in [0.29, 0.717) is 0 Å². The van der Waals surface area contributed by atoms with Crippen LogP contribution in [0.25, 0.3) is 0 Å². The number of carboxylic acid groups (broad SMARTS) is 1. The molecule has 1 aromatic heterocycles. The average molecular weight is 264 g/mol. The predicted molar refractivity (Wildman–Crippen MR) is 55.8 cm³/mol. The molecule has 0 fully saturated rings.